The fourth-order valence-corrected chi connectivity index (χ4v) is 2.30. The molecule has 1 aliphatic heterocycles. The minimum absolute atomic E-state index is 0.154. The minimum atomic E-state index is -1.02. The van der Waals surface area contributed by atoms with Crippen LogP contribution in [0.2, 0.25) is 5.02 Å². The fourth-order valence-electron chi connectivity index (χ4n) is 2.11. The molecule has 0 N–H and O–H groups in total. The predicted octanol–water partition coefficient (Wildman–Crippen LogP) is 2.01. The fraction of sp³-hybridized carbons (Fsp3) is 0.286. The highest BCUT2D eigenvalue weighted by Crippen LogP contribution is 2.32. The Balaban J connectivity index is 2.65. The molecule has 1 aromatic rings. The molecule has 23 heavy (non-hydrogen) atoms. The number of esters is 2. The Morgan fingerprint density at radius 2 is 1.74 bits per heavy atom. The molecule has 0 atom stereocenters. The maximum absolute atomic E-state index is 14.1. The summed E-state index contributed by atoms with van der Waals surface area (Å²) in [5.74, 6) is -3.87. The van der Waals surface area contributed by atoms with Crippen LogP contribution < -0.4 is 4.90 Å². The van der Waals surface area contributed by atoms with E-state index in [2.05, 4.69) is 9.47 Å². The Kier molecular flexibility index (Phi) is 5.17. The van der Waals surface area contributed by atoms with Crippen molar-refractivity contribution in [3.63, 3.8) is 0 Å². The van der Waals surface area contributed by atoms with E-state index in [1.54, 1.807) is 0 Å². The van der Waals surface area contributed by atoms with Gasteiger partial charge in [0.1, 0.15) is 18.1 Å². The monoisotopic (exact) mass is 347 g/mol. The molecular formula is C14H12ClF2NO5. The summed E-state index contributed by atoms with van der Waals surface area (Å²) in [6.07, 6.45) is 0. The molecule has 0 unspecified atom stereocenters. The summed E-state index contributed by atoms with van der Waals surface area (Å²) in [5.41, 5.74) is -1.15. The van der Waals surface area contributed by atoms with E-state index in [-0.39, 0.29) is 29.6 Å². The molecule has 0 saturated heterocycles. The summed E-state index contributed by atoms with van der Waals surface area (Å²) < 4.78 is 42.6. The second-order valence-corrected chi connectivity index (χ2v) is 4.87. The zero-order valence-corrected chi connectivity index (χ0v) is 12.9. The number of carbonyl (C=O) groups is 2. The van der Waals surface area contributed by atoms with Gasteiger partial charge in [-0.15, -0.1) is 0 Å². The molecule has 0 radical (unpaired) electrons. The number of methoxy groups -OCH3 is 2. The van der Waals surface area contributed by atoms with E-state index in [0.717, 1.165) is 31.3 Å². The molecule has 0 aliphatic carbocycles. The molecular weight excluding hydrogens is 336 g/mol. The van der Waals surface area contributed by atoms with Crippen LogP contribution in [0, 0.1) is 11.6 Å². The Hall–Kier alpha value is -2.19. The average Bonchev–Trinajstić information content (AvgIpc) is 2.52. The second kappa shape index (κ2) is 6.93. The first-order valence-electron chi connectivity index (χ1n) is 6.30. The third-order valence-electron chi connectivity index (χ3n) is 3.08. The second-order valence-electron chi connectivity index (χ2n) is 4.43. The molecule has 6 nitrogen and oxygen atoms in total. The van der Waals surface area contributed by atoms with Crippen molar-refractivity contribution in [1.82, 2.24) is 0 Å². The van der Waals surface area contributed by atoms with Crippen LogP contribution in [-0.2, 0) is 23.8 Å². The first-order chi connectivity index (χ1) is 10.9. The van der Waals surface area contributed by atoms with E-state index in [1.165, 1.54) is 0 Å². The van der Waals surface area contributed by atoms with Crippen molar-refractivity contribution >= 4 is 29.2 Å². The van der Waals surface area contributed by atoms with Crippen LogP contribution >= 0.6 is 11.6 Å². The van der Waals surface area contributed by atoms with Crippen molar-refractivity contribution in [2.24, 2.45) is 0 Å². The van der Waals surface area contributed by atoms with Crippen molar-refractivity contribution in [2.45, 2.75) is 0 Å². The summed E-state index contributed by atoms with van der Waals surface area (Å²) >= 11 is 5.58. The van der Waals surface area contributed by atoms with E-state index >= 15 is 0 Å². The van der Waals surface area contributed by atoms with E-state index in [4.69, 9.17) is 16.3 Å². The smallest absolute Gasteiger partial charge is 0.355 e. The summed E-state index contributed by atoms with van der Waals surface area (Å²) in [6.45, 7) is -0.620. The van der Waals surface area contributed by atoms with Gasteiger partial charge in [0.05, 0.1) is 26.4 Å². The summed E-state index contributed by atoms with van der Waals surface area (Å²) in [7, 11) is 2.18. The quantitative estimate of drug-likeness (QED) is 0.779. The predicted molar refractivity (Wildman–Crippen MR) is 75.7 cm³/mol. The number of anilines is 1. The highest BCUT2D eigenvalue weighted by molar-refractivity contribution is 6.30. The van der Waals surface area contributed by atoms with Crippen LogP contribution in [0.5, 0.6) is 0 Å². The van der Waals surface area contributed by atoms with Gasteiger partial charge < -0.3 is 19.1 Å². The number of benzene rings is 1. The number of carbonyl (C=O) groups excluding carboxylic acids is 2. The lowest BCUT2D eigenvalue weighted by molar-refractivity contribution is -0.140. The molecule has 0 aromatic heterocycles. The molecule has 0 bridgehead atoms. The van der Waals surface area contributed by atoms with Gasteiger partial charge in [-0.2, -0.15) is 0 Å². The summed E-state index contributed by atoms with van der Waals surface area (Å²) in [4.78, 5) is 24.7. The summed E-state index contributed by atoms with van der Waals surface area (Å²) in [6, 6.07) is 1.75. The molecule has 0 spiro atoms. The zero-order chi connectivity index (χ0) is 17.1. The normalized spacial score (nSPS) is 14.7. The van der Waals surface area contributed by atoms with Gasteiger partial charge in [-0.05, 0) is 12.1 Å². The van der Waals surface area contributed by atoms with Crippen molar-refractivity contribution in [1.29, 1.82) is 0 Å². The Morgan fingerprint density at radius 1 is 1.17 bits per heavy atom. The molecule has 1 aliphatic rings. The number of nitrogens with zero attached hydrogens (tertiary/aromatic N) is 1. The lowest BCUT2D eigenvalue weighted by atomic mass is 10.1. The molecule has 0 amide bonds. The van der Waals surface area contributed by atoms with Crippen molar-refractivity contribution in [3.8, 4) is 0 Å². The molecule has 124 valence electrons. The van der Waals surface area contributed by atoms with Gasteiger partial charge in [0.25, 0.3) is 0 Å². The zero-order valence-electron chi connectivity index (χ0n) is 12.2. The SMILES string of the molecule is COC(=O)C1=C(C(=O)OC)N(c2c(F)cc(Cl)cc2F)COC1. The van der Waals surface area contributed by atoms with Gasteiger partial charge in [-0.3, -0.25) is 0 Å². The number of hydrogen-bond acceptors (Lipinski definition) is 6. The number of hydrogen-bond donors (Lipinski definition) is 0. The van der Waals surface area contributed by atoms with Gasteiger partial charge in [0, 0.05) is 5.02 Å². The average molecular weight is 348 g/mol. The highest BCUT2D eigenvalue weighted by atomic mass is 35.5. The van der Waals surface area contributed by atoms with E-state index in [9.17, 15) is 18.4 Å². The molecule has 1 heterocycles. The first-order valence-corrected chi connectivity index (χ1v) is 6.68. The van der Waals surface area contributed by atoms with Crippen LogP contribution in [0.3, 0.4) is 0 Å². The lowest BCUT2D eigenvalue weighted by Gasteiger charge is -2.31. The van der Waals surface area contributed by atoms with Gasteiger partial charge in [0.2, 0.25) is 0 Å². The van der Waals surface area contributed by atoms with E-state index < -0.39 is 29.3 Å². The highest BCUT2D eigenvalue weighted by Gasteiger charge is 2.35. The van der Waals surface area contributed by atoms with E-state index in [0.29, 0.717) is 0 Å². The van der Waals surface area contributed by atoms with E-state index in [1.807, 2.05) is 0 Å². The van der Waals surface area contributed by atoms with Gasteiger partial charge in [0.15, 0.2) is 11.6 Å². The lowest BCUT2D eigenvalue weighted by Crippen LogP contribution is -2.39. The summed E-state index contributed by atoms with van der Waals surface area (Å²) in [5, 5.41) is -0.154. The molecule has 0 fully saturated rings. The van der Waals surface area contributed by atoms with Crippen LogP contribution in [0.15, 0.2) is 23.4 Å². The topological polar surface area (TPSA) is 65.1 Å². The minimum Gasteiger partial charge on any atom is -0.466 e. The number of halogens is 3. The number of rotatable bonds is 3. The van der Waals surface area contributed by atoms with Crippen molar-refractivity contribution < 1.29 is 32.6 Å². The van der Waals surface area contributed by atoms with Gasteiger partial charge in [-0.1, -0.05) is 11.6 Å². The van der Waals surface area contributed by atoms with Crippen LogP contribution in [0.1, 0.15) is 0 Å². The van der Waals surface area contributed by atoms with Crippen LogP contribution in [-0.4, -0.2) is 39.5 Å². The Labute approximate surface area is 135 Å². The van der Waals surface area contributed by atoms with Gasteiger partial charge in [-0.25, -0.2) is 18.4 Å². The first kappa shape index (κ1) is 17.2. The van der Waals surface area contributed by atoms with Crippen molar-refractivity contribution in [3.05, 3.63) is 40.1 Å². The van der Waals surface area contributed by atoms with Crippen molar-refractivity contribution in [2.75, 3.05) is 32.5 Å². The maximum Gasteiger partial charge on any atom is 0.355 e. The third-order valence-corrected chi connectivity index (χ3v) is 3.30. The van der Waals surface area contributed by atoms with Crippen LogP contribution in [0.4, 0.5) is 14.5 Å². The Morgan fingerprint density at radius 3 is 2.26 bits per heavy atom. The standard InChI is InChI=1S/C14H12ClF2NO5/c1-21-13(19)8-5-23-6-18(11(8)14(20)22-2)12-9(16)3-7(15)4-10(12)17/h3-4H,5-6H2,1-2H3. The molecule has 0 saturated carbocycles. The van der Waals surface area contributed by atoms with Gasteiger partial charge >= 0.3 is 11.9 Å². The number of ether oxygens (including phenoxy) is 3. The van der Waals surface area contributed by atoms with Crippen LogP contribution in [0.25, 0.3) is 0 Å². The molecule has 9 heteroatoms. The largest absolute Gasteiger partial charge is 0.466 e. The third kappa shape index (κ3) is 3.27. The molecule has 2 rings (SSSR count). The maximum atomic E-state index is 14.1. The Bertz CT molecular complexity index is 669. The molecule has 1 aromatic carbocycles.